The van der Waals surface area contributed by atoms with Gasteiger partial charge >= 0.3 is 0 Å². The van der Waals surface area contributed by atoms with Crippen LogP contribution in [0.25, 0.3) is 21.5 Å². The molecule has 6 nitrogen and oxygen atoms in total. The minimum absolute atomic E-state index is 0.324. The fraction of sp³-hybridized carbons (Fsp3) is 0.250. The summed E-state index contributed by atoms with van der Waals surface area (Å²) >= 11 is 1.57. The molecule has 0 aliphatic heterocycles. The minimum Gasteiger partial charge on any atom is -0.358 e. The monoisotopic (exact) mass is 378 g/mol. The zero-order valence-electron chi connectivity index (χ0n) is 15.4. The Morgan fingerprint density at radius 3 is 2.78 bits per heavy atom. The smallest absolute Gasteiger partial charge is 0.206 e. The second-order valence-electron chi connectivity index (χ2n) is 6.55. The van der Waals surface area contributed by atoms with E-state index in [9.17, 15) is 0 Å². The average Bonchev–Trinajstić information content (AvgIpc) is 3.33. The summed E-state index contributed by atoms with van der Waals surface area (Å²) in [6.45, 7) is 2.82. The topological polar surface area (TPSA) is 78.5 Å². The standard InChI is InChI=1S/C20H22N6S/c1-13-17-11-15(8-9-18(17)24-23-13)19-25-26-20(27-19)22-12-16(21-2)10-14-6-4-3-5-7-14/h3-9,11,16,21H,10,12H2,1-2H3,(H,22,26)(H,23,24)/t16-/m0/s1. The van der Waals surface area contributed by atoms with Crippen LogP contribution in [-0.4, -0.2) is 40.0 Å². The first-order valence-corrected chi connectivity index (χ1v) is 9.78. The summed E-state index contributed by atoms with van der Waals surface area (Å²) in [5.41, 5.74) is 4.41. The fourth-order valence-electron chi connectivity index (χ4n) is 3.07. The van der Waals surface area contributed by atoms with Crippen LogP contribution in [0, 0.1) is 6.92 Å². The van der Waals surface area contributed by atoms with E-state index in [1.807, 2.05) is 32.2 Å². The van der Waals surface area contributed by atoms with E-state index in [2.05, 4.69) is 61.4 Å². The van der Waals surface area contributed by atoms with Gasteiger partial charge in [-0.3, -0.25) is 5.10 Å². The molecule has 0 fully saturated rings. The third kappa shape index (κ3) is 3.99. The van der Waals surface area contributed by atoms with Crippen molar-refractivity contribution in [1.82, 2.24) is 25.7 Å². The number of rotatable bonds is 7. The lowest BCUT2D eigenvalue weighted by molar-refractivity contribution is 0.583. The van der Waals surface area contributed by atoms with E-state index in [1.165, 1.54) is 5.56 Å². The van der Waals surface area contributed by atoms with Crippen molar-refractivity contribution in [3.05, 3.63) is 59.8 Å². The van der Waals surface area contributed by atoms with Crippen LogP contribution >= 0.6 is 11.3 Å². The van der Waals surface area contributed by atoms with Gasteiger partial charge in [0, 0.05) is 29.2 Å². The van der Waals surface area contributed by atoms with E-state index < -0.39 is 0 Å². The summed E-state index contributed by atoms with van der Waals surface area (Å²) < 4.78 is 0. The van der Waals surface area contributed by atoms with E-state index in [-0.39, 0.29) is 0 Å². The highest BCUT2D eigenvalue weighted by Gasteiger charge is 2.12. The Balaban J connectivity index is 1.43. The van der Waals surface area contributed by atoms with Gasteiger partial charge in [0.05, 0.1) is 5.52 Å². The highest BCUT2D eigenvalue weighted by atomic mass is 32.1. The molecule has 7 heteroatoms. The van der Waals surface area contributed by atoms with Crippen LogP contribution < -0.4 is 10.6 Å². The molecule has 0 unspecified atom stereocenters. The summed E-state index contributed by atoms with van der Waals surface area (Å²) in [7, 11) is 1.99. The van der Waals surface area contributed by atoms with E-state index in [0.29, 0.717) is 6.04 Å². The first kappa shape index (κ1) is 17.6. The Morgan fingerprint density at radius 2 is 1.96 bits per heavy atom. The van der Waals surface area contributed by atoms with Crippen molar-refractivity contribution < 1.29 is 0 Å². The van der Waals surface area contributed by atoms with Crippen molar-refractivity contribution in [3.8, 4) is 10.6 Å². The number of aromatic nitrogens is 4. The number of benzene rings is 2. The molecule has 0 saturated carbocycles. The highest BCUT2D eigenvalue weighted by molar-refractivity contribution is 7.18. The van der Waals surface area contributed by atoms with Crippen LogP contribution in [0.3, 0.4) is 0 Å². The van der Waals surface area contributed by atoms with Crippen LogP contribution in [0.5, 0.6) is 0 Å². The van der Waals surface area contributed by atoms with Gasteiger partial charge in [-0.05, 0) is 44.2 Å². The molecular formula is C20H22N6S. The first-order chi connectivity index (χ1) is 13.2. The maximum atomic E-state index is 4.35. The van der Waals surface area contributed by atoms with Gasteiger partial charge in [-0.1, -0.05) is 41.7 Å². The molecule has 0 aliphatic rings. The molecule has 0 amide bonds. The zero-order chi connectivity index (χ0) is 18.6. The van der Waals surface area contributed by atoms with Crippen LogP contribution in [0.1, 0.15) is 11.3 Å². The molecule has 0 aliphatic carbocycles. The molecule has 138 valence electrons. The number of aromatic amines is 1. The lowest BCUT2D eigenvalue weighted by Crippen LogP contribution is -2.34. The average molecular weight is 379 g/mol. The lowest BCUT2D eigenvalue weighted by Gasteiger charge is -2.16. The van der Waals surface area contributed by atoms with Crippen LogP contribution in [-0.2, 0) is 6.42 Å². The number of hydrogen-bond acceptors (Lipinski definition) is 6. The number of likely N-dealkylation sites (N-methyl/N-ethyl adjacent to an activating group) is 1. The quantitative estimate of drug-likeness (QED) is 0.458. The highest BCUT2D eigenvalue weighted by Crippen LogP contribution is 2.29. The van der Waals surface area contributed by atoms with Gasteiger partial charge in [0.1, 0.15) is 5.01 Å². The summed E-state index contributed by atoms with van der Waals surface area (Å²) in [5, 5.41) is 25.6. The molecule has 3 N–H and O–H groups in total. The Morgan fingerprint density at radius 1 is 1.11 bits per heavy atom. The molecule has 4 rings (SSSR count). The van der Waals surface area contributed by atoms with Crippen LogP contribution in [0.15, 0.2) is 48.5 Å². The van der Waals surface area contributed by atoms with Crippen molar-refractivity contribution in [2.75, 3.05) is 18.9 Å². The van der Waals surface area contributed by atoms with E-state index in [0.717, 1.165) is 45.3 Å². The summed E-state index contributed by atoms with van der Waals surface area (Å²) in [6, 6.07) is 17.0. The van der Waals surface area contributed by atoms with Gasteiger partial charge in [0.15, 0.2) is 0 Å². The Bertz CT molecular complexity index is 1020. The molecule has 27 heavy (non-hydrogen) atoms. The number of nitrogens with one attached hydrogen (secondary N) is 3. The molecule has 0 spiro atoms. The molecule has 1 atom stereocenters. The third-order valence-corrected chi connectivity index (χ3v) is 5.58. The van der Waals surface area contributed by atoms with Crippen molar-refractivity contribution in [1.29, 1.82) is 0 Å². The number of fused-ring (bicyclic) bond motifs is 1. The van der Waals surface area contributed by atoms with Crippen molar-refractivity contribution in [2.24, 2.45) is 0 Å². The van der Waals surface area contributed by atoms with Crippen molar-refractivity contribution in [2.45, 2.75) is 19.4 Å². The van der Waals surface area contributed by atoms with Gasteiger partial charge in [-0.2, -0.15) is 5.10 Å². The van der Waals surface area contributed by atoms with Gasteiger partial charge in [-0.25, -0.2) is 0 Å². The normalized spacial score (nSPS) is 12.4. The Hall–Kier alpha value is -2.77. The lowest BCUT2D eigenvalue weighted by atomic mass is 10.1. The van der Waals surface area contributed by atoms with Crippen LogP contribution in [0.2, 0.25) is 0 Å². The summed E-state index contributed by atoms with van der Waals surface area (Å²) in [5.74, 6) is 0. The molecule has 2 heterocycles. The number of aryl methyl sites for hydroxylation is 1. The Labute approximate surface area is 162 Å². The molecular weight excluding hydrogens is 356 g/mol. The second kappa shape index (κ2) is 7.85. The largest absolute Gasteiger partial charge is 0.358 e. The van der Waals surface area contributed by atoms with Crippen molar-refractivity contribution >= 4 is 27.4 Å². The van der Waals surface area contributed by atoms with Crippen molar-refractivity contribution in [3.63, 3.8) is 0 Å². The second-order valence-corrected chi connectivity index (χ2v) is 7.53. The minimum atomic E-state index is 0.324. The third-order valence-electron chi connectivity index (χ3n) is 4.65. The Kier molecular flexibility index (Phi) is 5.13. The number of nitrogens with zero attached hydrogens (tertiary/aromatic N) is 3. The molecule has 2 aromatic heterocycles. The number of anilines is 1. The summed E-state index contributed by atoms with van der Waals surface area (Å²) in [4.78, 5) is 0. The van der Waals surface area contributed by atoms with Gasteiger partial charge in [0.25, 0.3) is 0 Å². The van der Waals surface area contributed by atoms with Gasteiger partial charge in [0.2, 0.25) is 5.13 Å². The van der Waals surface area contributed by atoms with Crippen LogP contribution in [0.4, 0.5) is 5.13 Å². The SMILES string of the molecule is CN[C@H](CNc1nnc(-c2ccc3n[nH]c(C)c3c2)s1)Cc1ccccc1. The molecule has 0 bridgehead atoms. The molecule has 0 saturated heterocycles. The van der Waals surface area contributed by atoms with E-state index >= 15 is 0 Å². The van der Waals surface area contributed by atoms with E-state index in [4.69, 9.17) is 0 Å². The van der Waals surface area contributed by atoms with E-state index in [1.54, 1.807) is 11.3 Å². The van der Waals surface area contributed by atoms with Gasteiger partial charge < -0.3 is 10.6 Å². The predicted octanol–water partition coefficient (Wildman–Crippen LogP) is 3.63. The predicted molar refractivity (Wildman–Crippen MR) is 111 cm³/mol. The maximum absolute atomic E-state index is 4.35. The molecule has 0 radical (unpaired) electrons. The molecule has 4 aromatic rings. The maximum Gasteiger partial charge on any atom is 0.206 e. The number of hydrogen-bond donors (Lipinski definition) is 3. The fourth-order valence-corrected chi connectivity index (χ4v) is 3.81. The zero-order valence-corrected chi connectivity index (χ0v) is 16.2. The molecule has 2 aromatic carbocycles. The first-order valence-electron chi connectivity index (χ1n) is 8.96. The van der Waals surface area contributed by atoms with Gasteiger partial charge in [-0.15, -0.1) is 10.2 Å². The number of H-pyrrole nitrogens is 1. The summed E-state index contributed by atoms with van der Waals surface area (Å²) in [6.07, 6.45) is 0.965.